The topological polar surface area (TPSA) is 55.1 Å². The number of rotatable bonds is 2. The van der Waals surface area contributed by atoms with Crippen molar-refractivity contribution >= 4 is 40.4 Å². The fourth-order valence-electron chi connectivity index (χ4n) is 2.07. The van der Waals surface area contributed by atoms with Crippen LogP contribution in [-0.4, -0.2) is 11.7 Å². The highest BCUT2D eigenvalue weighted by Gasteiger charge is 2.17. The smallest absolute Gasteiger partial charge is 0.265 e. The molecule has 0 atom stereocenters. The SMILES string of the molecule is Nc1cc(NC(=O)c2cc3c(s2)CCSC3)ccc1F. The van der Waals surface area contributed by atoms with Crippen molar-refractivity contribution in [2.45, 2.75) is 12.2 Å². The molecule has 0 saturated heterocycles. The summed E-state index contributed by atoms with van der Waals surface area (Å²) >= 11 is 3.43. The molecule has 2 heterocycles. The highest BCUT2D eigenvalue weighted by Crippen LogP contribution is 2.32. The van der Waals surface area contributed by atoms with Gasteiger partial charge in [0.25, 0.3) is 5.91 Å². The van der Waals surface area contributed by atoms with Gasteiger partial charge in [0.1, 0.15) is 5.82 Å². The van der Waals surface area contributed by atoms with Gasteiger partial charge < -0.3 is 11.1 Å². The van der Waals surface area contributed by atoms with Crippen LogP contribution in [0.25, 0.3) is 0 Å². The second-order valence-corrected chi connectivity index (χ2v) is 6.79. The third-order valence-electron chi connectivity index (χ3n) is 3.11. The highest BCUT2D eigenvalue weighted by molar-refractivity contribution is 7.98. The van der Waals surface area contributed by atoms with Gasteiger partial charge in [0.05, 0.1) is 10.6 Å². The molecule has 3 N–H and O–H groups in total. The second-order valence-electron chi connectivity index (χ2n) is 4.55. The maximum atomic E-state index is 13.1. The normalized spacial score (nSPS) is 13.8. The number of carbonyl (C=O) groups is 1. The Labute approximate surface area is 124 Å². The predicted molar refractivity (Wildman–Crippen MR) is 83.0 cm³/mol. The largest absolute Gasteiger partial charge is 0.396 e. The van der Waals surface area contributed by atoms with Gasteiger partial charge in [-0.25, -0.2) is 4.39 Å². The van der Waals surface area contributed by atoms with E-state index >= 15 is 0 Å². The van der Waals surface area contributed by atoms with Crippen molar-refractivity contribution in [2.75, 3.05) is 16.8 Å². The van der Waals surface area contributed by atoms with Crippen LogP contribution in [0.2, 0.25) is 0 Å². The minimum absolute atomic E-state index is 0.0321. The molecule has 3 rings (SSSR count). The Kier molecular flexibility index (Phi) is 3.67. The number of hydrogen-bond acceptors (Lipinski definition) is 4. The molecule has 104 valence electrons. The van der Waals surface area contributed by atoms with Gasteiger partial charge in [0.2, 0.25) is 0 Å². The minimum Gasteiger partial charge on any atom is -0.396 e. The van der Waals surface area contributed by atoms with E-state index in [0.717, 1.165) is 17.9 Å². The zero-order valence-electron chi connectivity index (χ0n) is 10.6. The standard InChI is InChI=1S/C14H13FN2OS2/c15-10-2-1-9(6-11(10)16)17-14(18)13-5-8-7-19-4-3-12(8)20-13/h1-2,5-6H,3-4,7,16H2,(H,17,18). The lowest BCUT2D eigenvalue weighted by atomic mass is 10.2. The van der Waals surface area contributed by atoms with E-state index in [2.05, 4.69) is 5.32 Å². The van der Waals surface area contributed by atoms with Gasteiger partial charge in [-0.2, -0.15) is 11.8 Å². The zero-order valence-corrected chi connectivity index (χ0v) is 12.2. The van der Waals surface area contributed by atoms with Crippen molar-refractivity contribution in [1.29, 1.82) is 0 Å². The summed E-state index contributed by atoms with van der Waals surface area (Å²) in [5, 5.41) is 2.75. The Bertz CT molecular complexity index is 646. The second kappa shape index (κ2) is 5.46. The molecule has 0 spiro atoms. The first-order valence-electron chi connectivity index (χ1n) is 6.19. The Balaban J connectivity index is 1.78. The number of aryl methyl sites for hydroxylation is 1. The number of fused-ring (bicyclic) bond motifs is 1. The van der Waals surface area contributed by atoms with E-state index in [0.29, 0.717) is 10.6 Å². The van der Waals surface area contributed by atoms with Crippen LogP contribution in [-0.2, 0) is 12.2 Å². The van der Waals surface area contributed by atoms with Gasteiger partial charge in [-0.3, -0.25) is 4.79 Å². The molecule has 1 aromatic heterocycles. The Morgan fingerprint density at radius 2 is 2.20 bits per heavy atom. The van der Waals surface area contributed by atoms with Crippen LogP contribution in [0.3, 0.4) is 0 Å². The van der Waals surface area contributed by atoms with Crippen molar-refractivity contribution in [2.24, 2.45) is 0 Å². The number of anilines is 2. The molecule has 0 unspecified atom stereocenters. The number of nitrogens with two attached hydrogens (primary N) is 1. The van der Waals surface area contributed by atoms with Gasteiger partial charge in [0, 0.05) is 16.3 Å². The van der Waals surface area contributed by atoms with Gasteiger partial charge in [-0.15, -0.1) is 11.3 Å². The van der Waals surface area contributed by atoms with Gasteiger partial charge in [-0.05, 0) is 42.0 Å². The van der Waals surface area contributed by atoms with Crippen LogP contribution in [0, 0.1) is 5.82 Å². The number of halogens is 1. The molecule has 0 saturated carbocycles. The van der Waals surface area contributed by atoms with Crippen molar-refractivity contribution in [3.05, 3.63) is 45.4 Å². The monoisotopic (exact) mass is 308 g/mol. The molecule has 20 heavy (non-hydrogen) atoms. The number of nitrogens with one attached hydrogen (secondary N) is 1. The number of amides is 1. The third-order valence-corrected chi connectivity index (χ3v) is 5.35. The lowest BCUT2D eigenvalue weighted by Crippen LogP contribution is -2.10. The minimum atomic E-state index is -0.480. The molecule has 0 aliphatic carbocycles. The van der Waals surface area contributed by atoms with E-state index in [1.165, 1.54) is 40.0 Å². The number of thiophene rings is 1. The van der Waals surface area contributed by atoms with Crippen LogP contribution in [0.4, 0.5) is 15.8 Å². The van der Waals surface area contributed by atoms with Crippen molar-refractivity contribution in [1.82, 2.24) is 0 Å². The van der Waals surface area contributed by atoms with Crippen LogP contribution in [0.1, 0.15) is 20.1 Å². The molecular formula is C14H13FN2OS2. The van der Waals surface area contributed by atoms with E-state index in [1.54, 1.807) is 0 Å². The highest BCUT2D eigenvalue weighted by atomic mass is 32.2. The van der Waals surface area contributed by atoms with E-state index in [4.69, 9.17) is 5.73 Å². The van der Waals surface area contributed by atoms with Gasteiger partial charge in [0.15, 0.2) is 0 Å². The summed E-state index contributed by atoms with van der Waals surface area (Å²) in [4.78, 5) is 14.2. The quantitative estimate of drug-likeness (QED) is 0.835. The van der Waals surface area contributed by atoms with E-state index < -0.39 is 5.82 Å². The fourth-order valence-corrected chi connectivity index (χ4v) is 4.34. The van der Waals surface area contributed by atoms with Crippen LogP contribution in [0.15, 0.2) is 24.3 Å². The molecule has 1 aliphatic heterocycles. The van der Waals surface area contributed by atoms with Crippen molar-refractivity contribution in [3.8, 4) is 0 Å². The van der Waals surface area contributed by atoms with Crippen molar-refractivity contribution < 1.29 is 9.18 Å². The predicted octanol–water partition coefficient (Wildman–Crippen LogP) is 3.51. The average Bonchev–Trinajstić information content (AvgIpc) is 2.87. The molecule has 3 nitrogen and oxygen atoms in total. The van der Waals surface area contributed by atoms with Crippen LogP contribution < -0.4 is 11.1 Å². The maximum Gasteiger partial charge on any atom is 0.265 e. The summed E-state index contributed by atoms with van der Waals surface area (Å²) in [6, 6.07) is 6.14. The third kappa shape index (κ3) is 2.66. The number of benzene rings is 1. The summed E-state index contributed by atoms with van der Waals surface area (Å²) < 4.78 is 13.1. The van der Waals surface area contributed by atoms with Gasteiger partial charge >= 0.3 is 0 Å². The Morgan fingerprint density at radius 3 is 2.95 bits per heavy atom. The molecule has 0 bridgehead atoms. The molecule has 2 aromatic rings. The van der Waals surface area contributed by atoms with E-state index in [1.807, 2.05) is 17.8 Å². The molecule has 1 aromatic carbocycles. The molecular weight excluding hydrogens is 295 g/mol. The van der Waals surface area contributed by atoms with Crippen LogP contribution >= 0.6 is 23.1 Å². The molecule has 0 radical (unpaired) electrons. The number of hydrogen-bond donors (Lipinski definition) is 2. The van der Waals surface area contributed by atoms with E-state index in [-0.39, 0.29) is 11.6 Å². The summed E-state index contributed by atoms with van der Waals surface area (Å²) in [5.41, 5.74) is 7.29. The molecule has 1 amide bonds. The number of carbonyl (C=O) groups excluding carboxylic acids is 1. The summed E-state index contributed by atoms with van der Waals surface area (Å²) in [5.74, 6) is 1.44. The lowest BCUT2D eigenvalue weighted by molar-refractivity contribution is 0.103. The van der Waals surface area contributed by atoms with Crippen molar-refractivity contribution in [3.63, 3.8) is 0 Å². The first-order valence-corrected chi connectivity index (χ1v) is 8.16. The lowest BCUT2D eigenvalue weighted by Gasteiger charge is -2.08. The molecule has 1 aliphatic rings. The molecule has 6 heteroatoms. The Hall–Kier alpha value is -1.53. The average molecular weight is 308 g/mol. The first-order chi connectivity index (χ1) is 9.63. The zero-order chi connectivity index (χ0) is 14.1. The van der Waals surface area contributed by atoms with Gasteiger partial charge in [-0.1, -0.05) is 0 Å². The summed E-state index contributed by atoms with van der Waals surface area (Å²) in [7, 11) is 0. The van der Waals surface area contributed by atoms with Crippen LogP contribution in [0.5, 0.6) is 0 Å². The number of thioether (sulfide) groups is 1. The molecule has 0 fully saturated rings. The maximum absolute atomic E-state index is 13.1. The Morgan fingerprint density at radius 1 is 1.35 bits per heavy atom. The summed E-state index contributed by atoms with van der Waals surface area (Å²) in [6.07, 6.45) is 1.03. The summed E-state index contributed by atoms with van der Waals surface area (Å²) in [6.45, 7) is 0. The number of nitrogen functional groups attached to an aromatic ring is 1. The fraction of sp³-hybridized carbons (Fsp3) is 0.214. The first kappa shape index (κ1) is 13.5. The van der Waals surface area contributed by atoms with E-state index in [9.17, 15) is 9.18 Å².